The number of fused-ring (bicyclic) bond motifs is 4. The molecule has 0 heterocycles. The molecule has 1 fully saturated rings. The third-order valence-corrected chi connectivity index (χ3v) is 6.85. The SMILES string of the molecule is C[C@]1(O)CC[C@H]2[C@@H]3CCC4=CCCCC4=C3C=C[C@@]21C. The molecule has 0 spiro atoms. The number of aliphatic hydroxyl groups is 1. The zero-order valence-corrected chi connectivity index (χ0v) is 12.8. The van der Waals surface area contributed by atoms with Gasteiger partial charge in [-0.25, -0.2) is 0 Å². The van der Waals surface area contributed by atoms with Gasteiger partial charge in [0.2, 0.25) is 0 Å². The predicted molar refractivity (Wildman–Crippen MR) is 82.3 cm³/mol. The van der Waals surface area contributed by atoms with Crippen molar-refractivity contribution in [2.75, 3.05) is 0 Å². The zero-order chi connectivity index (χ0) is 14.0. The average molecular weight is 270 g/mol. The standard InChI is InChI=1S/C19H26O/c1-18-11-9-15-14-6-4-3-5-13(14)7-8-16(15)17(18)10-12-19(18,2)20/h5,9,11,16-17,20H,3-4,6-8,10,12H2,1-2H3/t16-,17+,18+,19+/m1/s1. The molecule has 4 rings (SSSR count). The molecule has 1 nitrogen and oxygen atoms in total. The summed E-state index contributed by atoms with van der Waals surface area (Å²) < 4.78 is 0. The van der Waals surface area contributed by atoms with Crippen LogP contribution in [0.1, 0.15) is 58.8 Å². The molecule has 1 saturated carbocycles. The van der Waals surface area contributed by atoms with E-state index in [2.05, 4.69) is 25.2 Å². The van der Waals surface area contributed by atoms with Crippen LogP contribution in [-0.2, 0) is 0 Å². The highest BCUT2D eigenvalue weighted by Gasteiger charge is 2.56. The van der Waals surface area contributed by atoms with Gasteiger partial charge in [-0.3, -0.25) is 0 Å². The maximum atomic E-state index is 10.8. The van der Waals surface area contributed by atoms with Gasteiger partial charge < -0.3 is 5.11 Å². The van der Waals surface area contributed by atoms with Gasteiger partial charge in [-0.1, -0.05) is 25.2 Å². The summed E-state index contributed by atoms with van der Waals surface area (Å²) in [7, 11) is 0. The summed E-state index contributed by atoms with van der Waals surface area (Å²) in [6.07, 6.45) is 15.8. The lowest BCUT2D eigenvalue weighted by Crippen LogP contribution is -2.45. The molecule has 108 valence electrons. The van der Waals surface area contributed by atoms with Crippen LogP contribution in [0.3, 0.4) is 0 Å². The van der Waals surface area contributed by atoms with Crippen LogP contribution in [0.5, 0.6) is 0 Å². The molecule has 0 bridgehead atoms. The minimum Gasteiger partial charge on any atom is -0.389 e. The Morgan fingerprint density at radius 3 is 2.90 bits per heavy atom. The number of hydrogen-bond acceptors (Lipinski definition) is 1. The number of rotatable bonds is 0. The predicted octanol–water partition coefficient (Wildman–Crippen LogP) is 4.54. The summed E-state index contributed by atoms with van der Waals surface area (Å²) >= 11 is 0. The highest BCUT2D eigenvalue weighted by Crippen LogP contribution is 2.60. The van der Waals surface area contributed by atoms with E-state index in [1.807, 2.05) is 6.92 Å². The maximum Gasteiger partial charge on any atom is 0.0710 e. The minimum atomic E-state index is -0.521. The lowest BCUT2D eigenvalue weighted by atomic mass is 9.58. The normalized spacial score (nSPS) is 46.6. The van der Waals surface area contributed by atoms with E-state index in [0.29, 0.717) is 11.8 Å². The van der Waals surface area contributed by atoms with Crippen LogP contribution in [-0.4, -0.2) is 10.7 Å². The lowest BCUT2D eigenvalue weighted by molar-refractivity contribution is -0.0341. The molecule has 4 aliphatic rings. The van der Waals surface area contributed by atoms with Crippen LogP contribution in [0.2, 0.25) is 0 Å². The molecule has 4 aliphatic carbocycles. The Labute approximate surface area is 122 Å². The van der Waals surface area contributed by atoms with E-state index in [9.17, 15) is 5.11 Å². The van der Waals surface area contributed by atoms with Crippen molar-refractivity contribution in [2.24, 2.45) is 17.3 Å². The van der Waals surface area contributed by atoms with Crippen molar-refractivity contribution < 1.29 is 5.11 Å². The second-order valence-corrected chi connectivity index (χ2v) is 7.74. The first kappa shape index (κ1) is 12.9. The van der Waals surface area contributed by atoms with Gasteiger partial charge in [-0.05, 0) is 80.4 Å². The van der Waals surface area contributed by atoms with E-state index >= 15 is 0 Å². The van der Waals surface area contributed by atoms with E-state index in [0.717, 1.165) is 6.42 Å². The molecule has 1 heteroatoms. The first-order valence-corrected chi connectivity index (χ1v) is 8.37. The highest BCUT2D eigenvalue weighted by molar-refractivity contribution is 5.48. The van der Waals surface area contributed by atoms with E-state index in [4.69, 9.17) is 0 Å². The Bertz CT molecular complexity index is 534. The lowest BCUT2D eigenvalue weighted by Gasteiger charge is -2.47. The van der Waals surface area contributed by atoms with Gasteiger partial charge in [0.05, 0.1) is 5.60 Å². The third kappa shape index (κ3) is 1.53. The molecular weight excluding hydrogens is 244 g/mol. The summed E-state index contributed by atoms with van der Waals surface area (Å²) in [6, 6.07) is 0. The molecule has 0 aromatic heterocycles. The smallest absolute Gasteiger partial charge is 0.0710 e. The molecule has 0 amide bonds. The van der Waals surface area contributed by atoms with Crippen molar-refractivity contribution in [1.29, 1.82) is 0 Å². The summed E-state index contributed by atoms with van der Waals surface area (Å²) in [4.78, 5) is 0. The Morgan fingerprint density at radius 2 is 2.05 bits per heavy atom. The molecule has 1 N–H and O–H groups in total. The van der Waals surface area contributed by atoms with Gasteiger partial charge in [0.1, 0.15) is 0 Å². The minimum absolute atomic E-state index is 0.0163. The first-order chi connectivity index (χ1) is 9.53. The Balaban J connectivity index is 1.83. The van der Waals surface area contributed by atoms with Gasteiger partial charge in [-0.15, -0.1) is 0 Å². The van der Waals surface area contributed by atoms with Crippen molar-refractivity contribution in [3.63, 3.8) is 0 Å². The Hall–Kier alpha value is -0.820. The van der Waals surface area contributed by atoms with E-state index in [1.165, 1.54) is 38.5 Å². The molecule has 0 aliphatic heterocycles. The van der Waals surface area contributed by atoms with Crippen LogP contribution in [0, 0.1) is 17.3 Å². The molecule has 0 radical (unpaired) electrons. The average Bonchev–Trinajstić information content (AvgIpc) is 2.69. The van der Waals surface area contributed by atoms with Gasteiger partial charge in [0, 0.05) is 5.41 Å². The topological polar surface area (TPSA) is 20.2 Å². The maximum absolute atomic E-state index is 10.8. The molecule has 0 saturated heterocycles. The van der Waals surface area contributed by atoms with Crippen molar-refractivity contribution in [1.82, 2.24) is 0 Å². The van der Waals surface area contributed by atoms with Crippen LogP contribution in [0.25, 0.3) is 0 Å². The second kappa shape index (κ2) is 4.10. The van der Waals surface area contributed by atoms with Gasteiger partial charge in [0.15, 0.2) is 0 Å². The fraction of sp³-hybridized carbons (Fsp3) is 0.684. The summed E-state index contributed by atoms with van der Waals surface area (Å²) in [5.74, 6) is 1.35. The van der Waals surface area contributed by atoms with Crippen molar-refractivity contribution in [3.8, 4) is 0 Å². The van der Waals surface area contributed by atoms with Crippen LogP contribution in [0.15, 0.2) is 34.9 Å². The van der Waals surface area contributed by atoms with E-state index in [1.54, 1.807) is 16.7 Å². The number of hydrogen-bond donors (Lipinski definition) is 1. The van der Waals surface area contributed by atoms with Crippen LogP contribution in [0.4, 0.5) is 0 Å². The van der Waals surface area contributed by atoms with Crippen molar-refractivity contribution in [3.05, 3.63) is 34.9 Å². The first-order valence-electron chi connectivity index (χ1n) is 8.37. The van der Waals surface area contributed by atoms with Crippen molar-refractivity contribution >= 4 is 0 Å². The Kier molecular flexibility index (Phi) is 2.64. The Morgan fingerprint density at radius 1 is 1.20 bits per heavy atom. The molecular formula is C19H26O. The molecule has 0 aromatic carbocycles. The summed E-state index contributed by atoms with van der Waals surface area (Å²) in [6.45, 7) is 4.33. The second-order valence-electron chi connectivity index (χ2n) is 7.74. The van der Waals surface area contributed by atoms with Gasteiger partial charge in [-0.2, -0.15) is 0 Å². The summed E-state index contributed by atoms with van der Waals surface area (Å²) in [5, 5.41) is 10.8. The van der Waals surface area contributed by atoms with Crippen LogP contribution < -0.4 is 0 Å². The van der Waals surface area contributed by atoms with Crippen molar-refractivity contribution in [2.45, 2.75) is 64.4 Å². The van der Waals surface area contributed by atoms with E-state index < -0.39 is 5.60 Å². The van der Waals surface area contributed by atoms with Gasteiger partial charge >= 0.3 is 0 Å². The van der Waals surface area contributed by atoms with E-state index in [-0.39, 0.29) is 5.41 Å². The quantitative estimate of drug-likeness (QED) is 0.685. The van der Waals surface area contributed by atoms with Gasteiger partial charge in [0.25, 0.3) is 0 Å². The molecule has 0 aromatic rings. The molecule has 4 atom stereocenters. The molecule has 20 heavy (non-hydrogen) atoms. The number of allylic oxidation sites excluding steroid dienone is 5. The third-order valence-electron chi connectivity index (χ3n) is 6.85. The highest BCUT2D eigenvalue weighted by atomic mass is 16.3. The largest absolute Gasteiger partial charge is 0.389 e. The monoisotopic (exact) mass is 270 g/mol. The molecule has 0 unspecified atom stereocenters. The van der Waals surface area contributed by atoms with Crippen LogP contribution >= 0.6 is 0 Å². The summed E-state index contributed by atoms with van der Waals surface area (Å²) in [5.41, 5.74) is 4.39. The zero-order valence-electron chi connectivity index (χ0n) is 12.8. The fourth-order valence-electron chi connectivity index (χ4n) is 5.34. The fourth-order valence-corrected chi connectivity index (χ4v) is 5.34.